The third kappa shape index (κ3) is 2.87. The van der Waals surface area contributed by atoms with Gasteiger partial charge in [-0.25, -0.2) is 9.37 Å². The fraction of sp³-hybridized carbons (Fsp3) is 0.571. The van der Waals surface area contributed by atoms with Gasteiger partial charge in [-0.1, -0.05) is 25.4 Å². The van der Waals surface area contributed by atoms with Crippen LogP contribution >= 0.6 is 11.6 Å². The average molecular weight is 297 g/mol. The lowest BCUT2D eigenvalue weighted by molar-refractivity contribution is 0.365. The molecule has 0 bridgehead atoms. The molecule has 1 aliphatic heterocycles. The zero-order valence-electron chi connectivity index (χ0n) is 11.6. The van der Waals surface area contributed by atoms with Gasteiger partial charge in [0.1, 0.15) is 11.2 Å². The van der Waals surface area contributed by atoms with Gasteiger partial charge < -0.3 is 10.6 Å². The molecule has 6 heteroatoms. The van der Waals surface area contributed by atoms with Crippen molar-refractivity contribution in [2.24, 2.45) is 17.6 Å². The van der Waals surface area contributed by atoms with E-state index in [0.29, 0.717) is 24.9 Å². The predicted octanol–water partition coefficient (Wildman–Crippen LogP) is 2.56. The molecule has 0 aliphatic carbocycles. The molecule has 2 heterocycles. The van der Waals surface area contributed by atoms with Crippen LogP contribution in [0.4, 0.5) is 10.2 Å². The molecule has 1 aromatic heterocycles. The fourth-order valence-corrected chi connectivity index (χ4v) is 2.77. The minimum absolute atomic E-state index is 0.0421. The Labute approximate surface area is 123 Å². The molecular formula is C14H18ClFN4. The molecule has 108 valence electrons. The largest absolute Gasteiger partial charge is 0.354 e. The van der Waals surface area contributed by atoms with Gasteiger partial charge in [-0.3, -0.25) is 0 Å². The Kier molecular flexibility index (Phi) is 4.46. The topological polar surface area (TPSA) is 65.9 Å². The van der Waals surface area contributed by atoms with E-state index in [9.17, 15) is 4.39 Å². The Morgan fingerprint density at radius 1 is 1.60 bits per heavy atom. The summed E-state index contributed by atoms with van der Waals surface area (Å²) in [6, 6.07) is 3.06. The lowest BCUT2D eigenvalue weighted by atomic mass is 9.91. The summed E-state index contributed by atoms with van der Waals surface area (Å²) >= 11 is 5.88. The van der Waals surface area contributed by atoms with E-state index in [4.69, 9.17) is 22.6 Å². The minimum Gasteiger partial charge on any atom is -0.354 e. The van der Waals surface area contributed by atoms with Crippen LogP contribution in [0.15, 0.2) is 6.07 Å². The summed E-state index contributed by atoms with van der Waals surface area (Å²) < 4.78 is 14.0. The maximum atomic E-state index is 14.0. The molecule has 2 N–H and O–H groups in total. The van der Waals surface area contributed by atoms with E-state index < -0.39 is 5.82 Å². The highest BCUT2D eigenvalue weighted by molar-refractivity contribution is 6.30. The normalized spacial score (nSPS) is 20.2. The summed E-state index contributed by atoms with van der Waals surface area (Å²) in [5.41, 5.74) is 6.22. The third-order valence-corrected chi connectivity index (χ3v) is 4.16. The number of anilines is 1. The van der Waals surface area contributed by atoms with Crippen LogP contribution in [0.3, 0.4) is 0 Å². The van der Waals surface area contributed by atoms with Gasteiger partial charge in [-0.05, 0) is 24.3 Å². The van der Waals surface area contributed by atoms with Crippen molar-refractivity contribution in [2.75, 3.05) is 18.0 Å². The van der Waals surface area contributed by atoms with Gasteiger partial charge in [0.2, 0.25) is 0 Å². The van der Waals surface area contributed by atoms with Gasteiger partial charge in [0.05, 0.1) is 5.56 Å². The SMILES string of the molecule is CC(C)C(N)C1CCN(c2nc(Cl)c(C#N)cc2F)C1. The summed E-state index contributed by atoms with van der Waals surface area (Å²) in [5.74, 6) is 0.421. The lowest BCUT2D eigenvalue weighted by Gasteiger charge is -2.24. The van der Waals surface area contributed by atoms with Crippen molar-refractivity contribution in [3.05, 3.63) is 22.6 Å². The maximum absolute atomic E-state index is 14.0. The highest BCUT2D eigenvalue weighted by Gasteiger charge is 2.31. The zero-order valence-corrected chi connectivity index (χ0v) is 12.4. The number of hydrogen-bond acceptors (Lipinski definition) is 4. The highest BCUT2D eigenvalue weighted by atomic mass is 35.5. The van der Waals surface area contributed by atoms with Crippen molar-refractivity contribution in [3.8, 4) is 6.07 Å². The average Bonchev–Trinajstić information content (AvgIpc) is 2.89. The molecule has 0 amide bonds. The van der Waals surface area contributed by atoms with Crippen LogP contribution in [0.5, 0.6) is 0 Å². The molecular weight excluding hydrogens is 279 g/mol. The monoisotopic (exact) mass is 296 g/mol. The second kappa shape index (κ2) is 5.94. The van der Waals surface area contributed by atoms with Gasteiger partial charge in [-0.2, -0.15) is 5.26 Å². The number of nitrogens with zero attached hydrogens (tertiary/aromatic N) is 3. The van der Waals surface area contributed by atoms with E-state index >= 15 is 0 Å². The van der Waals surface area contributed by atoms with Crippen molar-refractivity contribution in [2.45, 2.75) is 26.3 Å². The van der Waals surface area contributed by atoms with Crippen molar-refractivity contribution in [1.82, 2.24) is 4.98 Å². The molecule has 2 atom stereocenters. The Morgan fingerprint density at radius 3 is 2.90 bits per heavy atom. The van der Waals surface area contributed by atoms with E-state index in [1.54, 1.807) is 0 Å². The first kappa shape index (κ1) is 15.0. The second-order valence-corrected chi connectivity index (χ2v) is 5.92. The predicted molar refractivity (Wildman–Crippen MR) is 77.1 cm³/mol. The van der Waals surface area contributed by atoms with Gasteiger partial charge >= 0.3 is 0 Å². The Balaban J connectivity index is 2.19. The second-order valence-electron chi connectivity index (χ2n) is 5.56. The number of rotatable bonds is 3. The molecule has 1 aromatic rings. The first-order valence-electron chi connectivity index (χ1n) is 6.70. The fourth-order valence-electron chi connectivity index (χ4n) is 2.60. The van der Waals surface area contributed by atoms with E-state index in [1.165, 1.54) is 0 Å². The van der Waals surface area contributed by atoms with Crippen LogP contribution < -0.4 is 10.6 Å². The van der Waals surface area contributed by atoms with Crippen LogP contribution in [0.1, 0.15) is 25.8 Å². The number of aromatic nitrogens is 1. The van der Waals surface area contributed by atoms with Crippen LogP contribution in [0.25, 0.3) is 0 Å². The molecule has 0 saturated carbocycles. The van der Waals surface area contributed by atoms with Crippen LogP contribution in [-0.4, -0.2) is 24.1 Å². The van der Waals surface area contributed by atoms with Crippen molar-refractivity contribution < 1.29 is 4.39 Å². The third-order valence-electron chi connectivity index (χ3n) is 3.87. The highest BCUT2D eigenvalue weighted by Crippen LogP contribution is 2.29. The van der Waals surface area contributed by atoms with E-state index in [1.807, 2.05) is 11.0 Å². The summed E-state index contributed by atoms with van der Waals surface area (Å²) in [6.07, 6.45) is 0.915. The summed E-state index contributed by atoms with van der Waals surface area (Å²) in [4.78, 5) is 5.87. The smallest absolute Gasteiger partial charge is 0.167 e. The standard InChI is InChI=1S/C14H18ClFN4/c1-8(2)12(18)9-3-4-20(7-9)14-11(16)5-10(6-17)13(15)19-14/h5,8-9,12H,3-4,7,18H2,1-2H3. The molecule has 2 rings (SSSR count). The van der Waals surface area contributed by atoms with Gasteiger partial charge in [-0.15, -0.1) is 0 Å². The minimum atomic E-state index is -0.510. The van der Waals surface area contributed by atoms with Crippen molar-refractivity contribution in [3.63, 3.8) is 0 Å². The number of hydrogen-bond donors (Lipinski definition) is 1. The van der Waals surface area contributed by atoms with Crippen LogP contribution in [-0.2, 0) is 0 Å². The van der Waals surface area contributed by atoms with Gasteiger partial charge in [0.15, 0.2) is 11.6 Å². The Hall–Kier alpha value is -1.38. The molecule has 1 fully saturated rings. The summed E-state index contributed by atoms with van der Waals surface area (Å²) in [7, 11) is 0. The molecule has 1 aliphatic rings. The zero-order chi connectivity index (χ0) is 14.9. The summed E-state index contributed by atoms with van der Waals surface area (Å²) in [6.45, 7) is 5.55. The van der Waals surface area contributed by atoms with Crippen molar-refractivity contribution >= 4 is 17.4 Å². The van der Waals surface area contributed by atoms with E-state index in [-0.39, 0.29) is 22.6 Å². The number of pyridine rings is 1. The molecule has 0 radical (unpaired) electrons. The molecule has 20 heavy (non-hydrogen) atoms. The maximum Gasteiger partial charge on any atom is 0.167 e. The van der Waals surface area contributed by atoms with E-state index in [0.717, 1.165) is 12.5 Å². The Bertz CT molecular complexity index is 541. The quantitative estimate of drug-likeness (QED) is 0.871. The van der Waals surface area contributed by atoms with E-state index in [2.05, 4.69) is 18.8 Å². The Morgan fingerprint density at radius 2 is 2.30 bits per heavy atom. The first-order valence-corrected chi connectivity index (χ1v) is 7.08. The molecule has 0 aromatic carbocycles. The molecule has 4 nitrogen and oxygen atoms in total. The summed E-state index contributed by atoms with van der Waals surface area (Å²) in [5, 5.41) is 8.85. The first-order chi connectivity index (χ1) is 9.43. The molecule has 0 spiro atoms. The lowest BCUT2D eigenvalue weighted by Crippen LogP contribution is -2.37. The van der Waals surface area contributed by atoms with Gasteiger partial charge in [0, 0.05) is 19.1 Å². The van der Waals surface area contributed by atoms with Gasteiger partial charge in [0.25, 0.3) is 0 Å². The van der Waals surface area contributed by atoms with Crippen LogP contribution in [0.2, 0.25) is 5.15 Å². The van der Waals surface area contributed by atoms with Crippen molar-refractivity contribution in [1.29, 1.82) is 5.26 Å². The molecule has 1 saturated heterocycles. The number of nitrogens with two attached hydrogens (primary N) is 1. The number of nitriles is 1. The molecule has 2 unspecified atom stereocenters. The van der Waals surface area contributed by atoms with Crippen LogP contribution in [0, 0.1) is 29.0 Å². The number of halogens is 2.